The fraction of sp³-hybridized carbons (Fsp3) is 0.400. The second-order valence-electron chi connectivity index (χ2n) is 4.73. The Bertz CT molecular complexity index is 492. The molecule has 0 bridgehead atoms. The molecular formula is C15H17N3O. The first kappa shape index (κ1) is 13.3. The minimum atomic E-state index is -0.333. The highest BCUT2D eigenvalue weighted by Gasteiger charge is 2.19. The second kappa shape index (κ2) is 6.69. The van der Waals surface area contributed by atoms with Crippen LogP contribution in [0.1, 0.15) is 43.6 Å². The van der Waals surface area contributed by atoms with E-state index in [0.717, 1.165) is 31.4 Å². The van der Waals surface area contributed by atoms with Crippen molar-refractivity contribution in [3.8, 4) is 6.07 Å². The molecule has 1 aliphatic rings. The summed E-state index contributed by atoms with van der Waals surface area (Å²) in [4.78, 5) is 11.1. The van der Waals surface area contributed by atoms with Crippen molar-refractivity contribution in [2.24, 2.45) is 5.10 Å². The summed E-state index contributed by atoms with van der Waals surface area (Å²) in [5.74, 6) is 0.259. The molecule has 0 saturated heterocycles. The molecule has 1 saturated carbocycles. The number of hydrogen-bond donors (Lipinski definition) is 1. The van der Waals surface area contributed by atoms with E-state index in [9.17, 15) is 4.79 Å². The van der Waals surface area contributed by atoms with Crippen molar-refractivity contribution in [1.29, 1.82) is 5.26 Å². The predicted molar refractivity (Wildman–Crippen MR) is 73.5 cm³/mol. The number of nitrogens with one attached hydrogen (secondary N) is 1. The minimum Gasteiger partial charge on any atom is -0.272 e. The van der Waals surface area contributed by atoms with Crippen LogP contribution >= 0.6 is 0 Å². The van der Waals surface area contributed by atoms with Gasteiger partial charge in [-0.2, -0.15) is 10.4 Å². The summed E-state index contributed by atoms with van der Waals surface area (Å²) in [5, 5.41) is 12.5. The first-order valence-corrected chi connectivity index (χ1v) is 6.56. The molecule has 0 heterocycles. The molecule has 0 aliphatic heterocycles. The van der Waals surface area contributed by atoms with Crippen molar-refractivity contribution in [2.75, 3.05) is 0 Å². The first-order valence-electron chi connectivity index (χ1n) is 6.56. The highest BCUT2D eigenvalue weighted by atomic mass is 16.2. The normalized spacial score (nSPS) is 18.5. The quantitative estimate of drug-likeness (QED) is 0.844. The highest BCUT2D eigenvalue weighted by molar-refractivity contribution is 5.87. The summed E-state index contributed by atoms with van der Waals surface area (Å²) >= 11 is 0. The molecule has 0 radical (unpaired) electrons. The van der Waals surface area contributed by atoms with Crippen molar-refractivity contribution in [3.05, 3.63) is 35.9 Å². The third-order valence-corrected chi connectivity index (χ3v) is 3.41. The van der Waals surface area contributed by atoms with Gasteiger partial charge in [-0.25, -0.2) is 5.43 Å². The van der Waals surface area contributed by atoms with Gasteiger partial charge in [-0.15, -0.1) is 0 Å². The molecule has 1 aliphatic carbocycles. The number of carbonyl (C=O) groups is 1. The number of nitriles is 1. The average molecular weight is 255 g/mol. The van der Waals surface area contributed by atoms with Crippen molar-refractivity contribution in [1.82, 2.24) is 5.43 Å². The Morgan fingerprint density at radius 1 is 1.32 bits per heavy atom. The van der Waals surface area contributed by atoms with Gasteiger partial charge < -0.3 is 0 Å². The fourth-order valence-corrected chi connectivity index (χ4v) is 2.37. The van der Waals surface area contributed by atoms with Crippen LogP contribution in [0.15, 0.2) is 35.4 Å². The van der Waals surface area contributed by atoms with Crippen LogP contribution in [0.3, 0.4) is 0 Å². The summed E-state index contributed by atoms with van der Waals surface area (Å²) in [5.41, 5.74) is 4.85. The van der Waals surface area contributed by atoms with E-state index in [1.807, 2.05) is 6.07 Å². The van der Waals surface area contributed by atoms with Gasteiger partial charge in [0.2, 0.25) is 0 Å². The Morgan fingerprint density at radius 3 is 2.63 bits per heavy atom. The lowest BCUT2D eigenvalue weighted by atomic mass is 9.83. The van der Waals surface area contributed by atoms with Crippen molar-refractivity contribution >= 4 is 11.6 Å². The number of carbonyl (C=O) groups excluding carboxylic acids is 1. The molecule has 1 aromatic carbocycles. The molecule has 0 unspecified atom stereocenters. The van der Waals surface area contributed by atoms with E-state index in [0.29, 0.717) is 5.92 Å². The minimum absolute atomic E-state index is 0.135. The van der Waals surface area contributed by atoms with Crippen molar-refractivity contribution in [3.63, 3.8) is 0 Å². The zero-order chi connectivity index (χ0) is 13.5. The fourth-order valence-electron chi connectivity index (χ4n) is 2.37. The molecule has 1 fully saturated rings. The van der Waals surface area contributed by atoms with Crippen LogP contribution in [0.2, 0.25) is 0 Å². The molecule has 1 amide bonds. The molecule has 1 N–H and O–H groups in total. The van der Waals surface area contributed by atoms with Crippen LogP contribution in [0.5, 0.6) is 0 Å². The maximum atomic E-state index is 11.1. The van der Waals surface area contributed by atoms with Crippen molar-refractivity contribution in [2.45, 2.75) is 38.0 Å². The highest BCUT2D eigenvalue weighted by Crippen LogP contribution is 2.31. The summed E-state index contributed by atoms with van der Waals surface area (Å²) < 4.78 is 0. The molecular weight excluding hydrogens is 238 g/mol. The van der Waals surface area contributed by atoms with Gasteiger partial charge in [0.05, 0.1) is 6.07 Å². The topological polar surface area (TPSA) is 65.2 Å². The largest absolute Gasteiger partial charge is 0.272 e. The van der Waals surface area contributed by atoms with Crippen LogP contribution in [0.25, 0.3) is 0 Å². The molecule has 0 atom stereocenters. The standard InChI is InChI=1S/C15H17N3O/c16-11-10-15(19)18-17-14-8-6-13(7-9-14)12-4-2-1-3-5-12/h1-5,13H,6-10H2,(H,18,19). The zero-order valence-electron chi connectivity index (χ0n) is 10.8. The molecule has 1 aromatic rings. The van der Waals surface area contributed by atoms with Gasteiger partial charge in [-0.3, -0.25) is 4.79 Å². The first-order chi connectivity index (χ1) is 9.29. The number of rotatable bonds is 3. The Kier molecular flexibility index (Phi) is 4.68. The van der Waals surface area contributed by atoms with Gasteiger partial charge in [0.25, 0.3) is 5.91 Å². The van der Waals surface area contributed by atoms with Crippen LogP contribution in [-0.4, -0.2) is 11.6 Å². The lowest BCUT2D eigenvalue weighted by molar-refractivity contribution is -0.120. The third kappa shape index (κ3) is 3.92. The van der Waals surface area contributed by atoms with Gasteiger partial charge in [-0.1, -0.05) is 30.3 Å². The van der Waals surface area contributed by atoms with Gasteiger partial charge >= 0.3 is 0 Å². The van der Waals surface area contributed by atoms with E-state index in [2.05, 4.69) is 34.8 Å². The van der Waals surface area contributed by atoms with Gasteiger partial charge in [0.1, 0.15) is 6.42 Å². The predicted octanol–water partition coefficient (Wildman–Crippen LogP) is 2.73. The van der Waals surface area contributed by atoms with E-state index in [-0.39, 0.29) is 12.3 Å². The number of benzene rings is 1. The molecule has 4 nitrogen and oxygen atoms in total. The number of amides is 1. The van der Waals surface area contributed by atoms with Crippen LogP contribution < -0.4 is 5.43 Å². The smallest absolute Gasteiger partial charge is 0.254 e. The zero-order valence-corrected chi connectivity index (χ0v) is 10.8. The SMILES string of the molecule is N#CCC(=O)NN=C1CCC(c2ccccc2)CC1. The third-order valence-electron chi connectivity index (χ3n) is 3.41. The Labute approximate surface area is 113 Å². The summed E-state index contributed by atoms with van der Waals surface area (Å²) in [6.07, 6.45) is 3.82. The van der Waals surface area contributed by atoms with E-state index in [4.69, 9.17) is 5.26 Å². The Morgan fingerprint density at radius 2 is 2.00 bits per heavy atom. The summed E-state index contributed by atoms with van der Waals surface area (Å²) in [7, 11) is 0. The second-order valence-corrected chi connectivity index (χ2v) is 4.73. The van der Waals surface area contributed by atoms with Gasteiger partial charge in [0, 0.05) is 5.71 Å². The molecule has 0 aromatic heterocycles. The molecule has 0 spiro atoms. The lowest BCUT2D eigenvalue weighted by Crippen LogP contribution is -2.21. The monoisotopic (exact) mass is 255 g/mol. The number of nitrogens with zero attached hydrogens (tertiary/aromatic N) is 2. The van der Waals surface area contributed by atoms with Crippen LogP contribution in [-0.2, 0) is 4.79 Å². The van der Waals surface area contributed by atoms with E-state index in [1.165, 1.54) is 5.56 Å². The lowest BCUT2D eigenvalue weighted by Gasteiger charge is -2.23. The summed E-state index contributed by atoms with van der Waals surface area (Å²) in [6, 6.07) is 12.3. The number of hydrazone groups is 1. The molecule has 2 rings (SSSR count). The Hall–Kier alpha value is -2.15. The summed E-state index contributed by atoms with van der Waals surface area (Å²) in [6.45, 7) is 0. The molecule has 98 valence electrons. The molecule has 4 heteroatoms. The van der Waals surface area contributed by atoms with Crippen LogP contribution in [0, 0.1) is 11.3 Å². The number of hydrogen-bond acceptors (Lipinski definition) is 3. The Balaban J connectivity index is 1.84. The van der Waals surface area contributed by atoms with E-state index >= 15 is 0 Å². The van der Waals surface area contributed by atoms with Gasteiger partial charge in [-0.05, 0) is 37.2 Å². The maximum absolute atomic E-state index is 11.1. The maximum Gasteiger partial charge on any atom is 0.254 e. The van der Waals surface area contributed by atoms with Crippen LogP contribution in [0.4, 0.5) is 0 Å². The van der Waals surface area contributed by atoms with E-state index < -0.39 is 0 Å². The molecule has 19 heavy (non-hydrogen) atoms. The van der Waals surface area contributed by atoms with Gasteiger partial charge in [0.15, 0.2) is 0 Å². The average Bonchev–Trinajstić information content (AvgIpc) is 2.47. The van der Waals surface area contributed by atoms with E-state index in [1.54, 1.807) is 6.07 Å². The van der Waals surface area contributed by atoms with Crippen molar-refractivity contribution < 1.29 is 4.79 Å².